The molecule has 3 atom stereocenters. The highest BCUT2D eigenvalue weighted by Crippen LogP contribution is 2.45. The molecule has 0 radical (unpaired) electrons. The Balaban J connectivity index is 2.11. The summed E-state index contributed by atoms with van der Waals surface area (Å²) in [5.41, 5.74) is 0. The molecule has 1 rings (SSSR count). The Morgan fingerprint density at radius 1 is 1.15 bits per heavy atom. The lowest BCUT2D eigenvalue weighted by Crippen LogP contribution is -2.07. The lowest BCUT2D eigenvalue weighted by Gasteiger charge is -2.18. The van der Waals surface area contributed by atoms with Gasteiger partial charge in [-0.2, -0.15) is 0 Å². The van der Waals surface area contributed by atoms with Gasteiger partial charge in [0, 0.05) is 0 Å². The average molecular weight is 182 g/mol. The molecule has 0 saturated heterocycles. The second-order valence-corrected chi connectivity index (χ2v) is 5.15. The Morgan fingerprint density at radius 3 is 2.23 bits per heavy atom. The largest absolute Gasteiger partial charge is 0.0651 e. The molecule has 0 N–H and O–H groups in total. The molecule has 0 aliphatic heterocycles. The first-order valence-corrected chi connectivity index (χ1v) is 6.19. The van der Waals surface area contributed by atoms with E-state index in [4.69, 9.17) is 0 Å². The van der Waals surface area contributed by atoms with Crippen molar-refractivity contribution in [2.45, 2.75) is 59.8 Å². The molecule has 0 aromatic heterocycles. The minimum absolute atomic E-state index is 0.892. The molecule has 1 aliphatic carbocycles. The fourth-order valence-electron chi connectivity index (χ4n) is 2.60. The minimum Gasteiger partial charge on any atom is -0.0651 e. The number of hydrogen-bond acceptors (Lipinski definition) is 0. The average Bonchev–Trinajstić information content (AvgIpc) is 2.84. The maximum Gasteiger partial charge on any atom is -0.0383 e. The summed E-state index contributed by atoms with van der Waals surface area (Å²) in [5.74, 6) is 4.09. The van der Waals surface area contributed by atoms with Gasteiger partial charge in [0.15, 0.2) is 0 Å². The van der Waals surface area contributed by atoms with Gasteiger partial charge in [-0.1, -0.05) is 40.5 Å². The molecular formula is C13H26. The molecule has 0 aromatic carbocycles. The highest BCUT2D eigenvalue weighted by atomic mass is 14.4. The van der Waals surface area contributed by atoms with Gasteiger partial charge in [-0.15, -0.1) is 0 Å². The Hall–Kier alpha value is 0. The summed E-state index contributed by atoms with van der Waals surface area (Å²) in [6.45, 7) is 9.43. The summed E-state index contributed by atoms with van der Waals surface area (Å²) in [6, 6.07) is 0. The Bertz CT molecular complexity index is 137. The van der Waals surface area contributed by atoms with Gasteiger partial charge in [0.25, 0.3) is 0 Å². The Labute approximate surface area is 84.1 Å². The van der Waals surface area contributed by atoms with Crippen LogP contribution in [0.3, 0.4) is 0 Å². The fraction of sp³-hybridized carbons (Fsp3) is 1.00. The second kappa shape index (κ2) is 5.02. The van der Waals surface area contributed by atoms with Crippen LogP contribution in [0.2, 0.25) is 0 Å². The van der Waals surface area contributed by atoms with Crippen molar-refractivity contribution >= 4 is 0 Å². The molecule has 0 spiro atoms. The van der Waals surface area contributed by atoms with Crippen LogP contribution in [0.4, 0.5) is 0 Å². The lowest BCUT2D eigenvalue weighted by molar-refractivity contribution is 0.330. The summed E-state index contributed by atoms with van der Waals surface area (Å²) >= 11 is 0. The molecule has 3 unspecified atom stereocenters. The van der Waals surface area contributed by atoms with Gasteiger partial charge in [-0.25, -0.2) is 0 Å². The summed E-state index contributed by atoms with van der Waals surface area (Å²) in [4.78, 5) is 0. The molecule has 1 saturated carbocycles. The van der Waals surface area contributed by atoms with Gasteiger partial charge < -0.3 is 0 Å². The fourth-order valence-corrected chi connectivity index (χ4v) is 2.60. The van der Waals surface area contributed by atoms with Crippen LogP contribution in [0.5, 0.6) is 0 Å². The van der Waals surface area contributed by atoms with E-state index in [0.717, 1.165) is 23.7 Å². The lowest BCUT2D eigenvalue weighted by atomic mass is 9.88. The topological polar surface area (TPSA) is 0 Å². The van der Waals surface area contributed by atoms with E-state index in [9.17, 15) is 0 Å². The van der Waals surface area contributed by atoms with Crippen molar-refractivity contribution < 1.29 is 0 Å². The zero-order chi connectivity index (χ0) is 9.84. The molecule has 0 heteroatoms. The number of rotatable bonds is 6. The third-order valence-electron chi connectivity index (χ3n) is 3.97. The molecule has 1 fully saturated rings. The summed E-state index contributed by atoms with van der Waals surface area (Å²) in [5, 5.41) is 0. The van der Waals surface area contributed by atoms with Gasteiger partial charge in [0.2, 0.25) is 0 Å². The highest BCUT2D eigenvalue weighted by molar-refractivity contribution is 4.85. The van der Waals surface area contributed by atoms with E-state index in [-0.39, 0.29) is 0 Å². The first-order valence-electron chi connectivity index (χ1n) is 6.19. The van der Waals surface area contributed by atoms with Crippen LogP contribution < -0.4 is 0 Å². The van der Waals surface area contributed by atoms with E-state index in [1.165, 1.54) is 32.1 Å². The van der Waals surface area contributed by atoms with Crippen LogP contribution in [0.15, 0.2) is 0 Å². The Kier molecular flexibility index (Phi) is 4.28. The van der Waals surface area contributed by atoms with E-state index in [1.54, 1.807) is 0 Å². The summed E-state index contributed by atoms with van der Waals surface area (Å²) in [7, 11) is 0. The van der Waals surface area contributed by atoms with E-state index in [2.05, 4.69) is 27.7 Å². The predicted molar refractivity (Wildman–Crippen MR) is 59.7 cm³/mol. The van der Waals surface area contributed by atoms with Gasteiger partial charge in [-0.3, -0.25) is 0 Å². The maximum atomic E-state index is 2.37. The van der Waals surface area contributed by atoms with Crippen molar-refractivity contribution in [1.29, 1.82) is 0 Å². The van der Waals surface area contributed by atoms with Gasteiger partial charge in [-0.05, 0) is 42.9 Å². The molecular weight excluding hydrogens is 156 g/mol. The zero-order valence-corrected chi connectivity index (χ0v) is 9.84. The third kappa shape index (κ3) is 3.32. The molecule has 1 aliphatic rings. The maximum absolute atomic E-state index is 2.37. The quantitative estimate of drug-likeness (QED) is 0.567. The zero-order valence-electron chi connectivity index (χ0n) is 9.84. The molecule has 0 nitrogen and oxygen atoms in total. The standard InChI is InChI=1S/C13H26/c1-5-11(10(3)4)7-8-13-9-12(13)6-2/h10-13H,5-9H2,1-4H3. The van der Waals surface area contributed by atoms with Gasteiger partial charge in [0.1, 0.15) is 0 Å². The number of hydrogen-bond donors (Lipinski definition) is 0. The van der Waals surface area contributed by atoms with Crippen LogP contribution in [-0.4, -0.2) is 0 Å². The van der Waals surface area contributed by atoms with Crippen LogP contribution in [0, 0.1) is 23.7 Å². The monoisotopic (exact) mass is 182 g/mol. The van der Waals surface area contributed by atoms with Crippen LogP contribution in [0.1, 0.15) is 59.8 Å². The predicted octanol–water partition coefficient (Wildman–Crippen LogP) is 4.49. The van der Waals surface area contributed by atoms with Crippen molar-refractivity contribution in [2.75, 3.05) is 0 Å². The van der Waals surface area contributed by atoms with Crippen molar-refractivity contribution in [3.8, 4) is 0 Å². The SMILES string of the molecule is CCC(CCC1CC1CC)C(C)C. The smallest absolute Gasteiger partial charge is 0.0383 e. The van der Waals surface area contributed by atoms with Crippen molar-refractivity contribution in [3.63, 3.8) is 0 Å². The molecule has 0 bridgehead atoms. The first kappa shape index (κ1) is 11.1. The van der Waals surface area contributed by atoms with Crippen LogP contribution in [-0.2, 0) is 0 Å². The minimum atomic E-state index is 0.892. The normalized spacial score (nSPS) is 29.3. The van der Waals surface area contributed by atoms with E-state index in [0.29, 0.717) is 0 Å². The van der Waals surface area contributed by atoms with E-state index >= 15 is 0 Å². The molecule has 78 valence electrons. The summed E-state index contributed by atoms with van der Waals surface area (Å²) in [6.07, 6.45) is 7.32. The van der Waals surface area contributed by atoms with Crippen molar-refractivity contribution in [3.05, 3.63) is 0 Å². The van der Waals surface area contributed by atoms with Crippen molar-refractivity contribution in [1.82, 2.24) is 0 Å². The highest BCUT2D eigenvalue weighted by Gasteiger charge is 2.34. The van der Waals surface area contributed by atoms with Gasteiger partial charge >= 0.3 is 0 Å². The van der Waals surface area contributed by atoms with Crippen molar-refractivity contribution in [2.24, 2.45) is 23.7 Å². The molecule has 0 aromatic rings. The van der Waals surface area contributed by atoms with Crippen LogP contribution in [0.25, 0.3) is 0 Å². The third-order valence-corrected chi connectivity index (χ3v) is 3.97. The molecule has 13 heavy (non-hydrogen) atoms. The van der Waals surface area contributed by atoms with Gasteiger partial charge in [0.05, 0.1) is 0 Å². The van der Waals surface area contributed by atoms with E-state index < -0.39 is 0 Å². The summed E-state index contributed by atoms with van der Waals surface area (Å²) < 4.78 is 0. The molecule has 0 heterocycles. The molecule has 0 amide bonds. The first-order chi connectivity index (χ1) is 6.19. The van der Waals surface area contributed by atoms with Crippen LogP contribution >= 0.6 is 0 Å². The van der Waals surface area contributed by atoms with E-state index in [1.807, 2.05) is 0 Å². The second-order valence-electron chi connectivity index (χ2n) is 5.15. The Morgan fingerprint density at radius 2 is 1.85 bits per heavy atom.